The van der Waals surface area contributed by atoms with E-state index in [2.05, 4.69) is 0 Å². The minimum atomic E-state index is -5.71. The van der Waals surface area contributed by atoms with Gasteiger partial charge in [-0.05, 0) is 0 Å². The summed E-state index contributed by atoms with van der Waals surface area (Å²) in [6.07, 6.45) is 0. The Balaban J connectivity index is 2.52. The maximum absolute atomic E-state index is 8.06. The predicted molar refractivity (Wildman–Crippen MR) is 147 cm³/mol. The summed E-state index contributed by atoms with van der Waals surface area (Å²) in [5.41, 5.74) is 2.64. The van der Waals surface area contributed by atoms with Gasteiger partial charge in [0.25, 0.3) is 0 Å². The molecule has 0 fully saturated rings. The Morgan fingerprint density at radius 1 is 0.528 bits per heavy atom. The van der Waals surface area contributed by atoms with Crippen LogP contribution in [-0.4, -0.2) is 58.1 Å². The predicted octanol–water partition coefficient (Wildman–Crippen LogP) is 4.46. The monoisotopic (exact) mass is 732 g/mol. The van der Waals surface area contributed by atoms with E-state index < -0.39 is 16.4 Å². The molecule has 0 atom stereocenters. The van der Waals surface area contributed by atoms with Gasteiger partial charge in [-0.2, -0.15) is 0 Å². The van der Waals surface area contributed by atoms with Crippen molar-refractivity contribution in [3.63, 3.8) is 0 Å². The molecule has 196 valence electrons. The van der Waals surface area contributed by atoms with Gasteiger partial charge in [-0.1, -0.05) is 0 Å². The summed E-state index contributed by atoms with van der Waals surface area (Å²) < 4.78 is 36.1. The zero-order chi connectivity index (χ0) is 26.4. The molecule has 3 rings (SSSR count). The van der Waals surface area contributed by atoms with Gasteiger partial charge in [-0.25, -0.2) is 0 Å². The van der Waals surface area contributed by atoms with Crippen LogP contribution in [0.3, 0.4) is 0 Å². The van der Waals surface area contributed by atoms with Gasteiger partial charge in [-0.15, -0.1) is 0 Å². The first-order chi connectivity index (χ1) is 17.2. The van der Waals surface area contributed by atoms with Crippen LogP contribution >= 0.6 is 17.0 Å². The van der Waals surface area contributed by atoms with Crippen molar-refractivity contribution in [1.29, 1.82) is 0 Å². The summed E-state index contributed by atoms with van der Waals surface area (Å²) in [5.74, 6) is 1.74. The molecular formula is C27H33BiCl2O6. The third-order valence-corrected chi connectivity index (χ3v) is 29.4. The summed E-state index contributed by atoms with van der Waals surface area (Å²) >= 11 is -5.71. The van der Waals surface area contributed by atoms with Gasteiger partial charge < -0.3 is 0 Å². The van der Waals surface area contributed by atoms with Crippen molar-refractivity contribution in [3.8, 4) is 17.2 Å². The van der Waals surface area contributed by atoms with Gasteiger partial charge in [0.2, 0.25) is 0 Å². The van der Waals surface area contributed by atoms with E-state index in [0.29, 0.717) is 27.1 Å². The molecule has 0 unspecified atom stereocenters. The number of halogens is 2. The number of benzene rings is 3. The number of rotatable bonds is 12. The van der Waals surface area contributed by atoms with Crippen molar-refractivity contribution in [2.24, 2.45) is 0 Å². The average Bonchev–Trinajstić information content (AvgIpc) is 2.86. The number of aryl methyl sites for hydroxylation is 3. The van der Waals surface area contributed by atoms with Crippen LogP contribution in [0.2, 0.25) is 0 Å². The van der Waals surface area contributed by atoms with Gasteiger partial charge in [0.05, 0.1) is 0 Å². The number of methoxy groups -OCH3 is 3. The van der Waals surface area contributed by atoms with Crippen molar-refractivity contribution in [2.75, 3.05) is 41.7 Å². The van der Waals surface area contributed by atoms with Crippen molar-refractivity contribution in [2.45, 2.75) is 20.8 Å². The van der Waals surface area contributed by atoms with E-state index in [0.717, 1.165) is 16.7 Å². The summed E-state index contributed by atoms with van der Waals surface area (Å²) in [4.78, 5) is 0. The molecule has 0 saturated heterocycles. The van der Waals surface area contributed by atoms with Gasteiger partial charge >= 0.3 is 223 Å². The Labute approximate surface area is 221 Å². The van der Waals surface area contributed by atoms with E-state index in [4.69, 9.17) is 45.4 Å². The fourth-order valence-corrected chi connectivity index (χ4v) is 25.2. The van der Waals surface area contributed by atoms with Crippen molar-refractivity contribution < 1.29 is 28.4 Å². The van der Waals surface area contributed by atoms with Gasteiger partial charge in [-0.3, -0.25) is 0 Å². The maximum atomic E-state index is 8.06. The van der Waals surface area contributed by atoms with Crippen LogP contribution in [0.5, 0.6) is 17.2 Å². The second-order valence-electron chi connectivity index (χ2n) is 8.33. The number of ether oxygens (including phenoxy) is 6. The van der Waals surface area contributed by atoms with E-state index in [1.807, 2.05) is 75.4 Å². The van der Waals surface area contributed by atoms with E-state index in [1.54, 1.807) is 21.3 Å². The average molecular weight is 733 g/mol. The molecule has 3 aromatic carbocycles. The molecule has 36 heavy (non-hydrogen) atoms. The van der Waals surface area contributed by atoms with Crippen LogP contribution < -0.4 is 24.0 Å². The standard InChI is InChI=1S/3C9H11O2.Bi.2ClH/c3*1-8-5-3-4-6-9(8)11-7-10-2;;;/h3*3-5H,7H2,1-2H3;;2*1H/q;;;+2;;/p-2. The minimum absolute atomic E-state index is 0.0409. The normalized spacial score (nSPS) is 12.6. The van der Waals surface area contributed by atoms with E-state index >= 15 is 0 Å². The topological polar surface area (TPSA) is 55.4 Å². The Morgan fingerprint density at radius 3 is 1.06 bits per heavy atom. The fraction of sp³-hybridized carbons (Fsp3) is 0.333. The second kappa shape index (κ2) is 12.3. The van der Waals surface area contributed by atoms with E-state index in [9.17, 15) is 0 Å². The summed E-state index contributed by atoms with van der Waals surface area (Å²) in [6.45, 7) is 5.99. The fourth-order valence-electron chi connectivity index (χ4n) is 4.14. The first-order valence-corrected chi connectivity index (χ1v) is 25.1. The molecule has 0 aromatic heterocycles. The molecule has 0 aliphatic heterocycles. The van der Waals surface area contributed by atoms with Gasteiger partial charge in [0, 0.05) is 0 Å². The molecule has 0 amide bonds. The molecule has 0 N–H and O–H groups in total. The van der Waals surface area contributed by atoms with Crippen molar-refractivity contribution in [3.05, 3.63) is 71.3 Å². The Kier molecular flexibility index (Phi) is 9.90. The third-order valence-electron chi connectivity index (χ3n) is 5.81. The first-order valence-electron chi connectivity index (χ1n) is 11.3. The zero-order valence-electron chi connectivity index (χ0n) is 21.5. The number of hydrogen-bond donors (Lipinski definition) is 0. The second-order valence-corrected chi connectivity index (χ2v) is 34.4. The van der Waals surface area contributed by atoms with E-state index in [-0.39, 0.29) is 20.4 Å². The Bertz CT molecular complexity index is 1050. The SMILES string of the molecule is COCOc1c(C)ccc[c]1[Bi]([Cl])([Cl])([c]1cccc(C)c1OCOC)[c]1cccc(C)c1OCOC. The van der Waals surface area contributed by atoms with Crippen LogP contribution in [0.25, 0.3) is 0 Å². The molecule has 9 heteroatoms. The summed E-state index contributed by atoms with van der Waals surface area (Å²) in [7, 11) is 20.8. The molecule has 3 aromatic rings. The van der Waals surface area contributed by atoms with Gasteiger partial charge in [0.1, 0.15) is 0 Å². The summed E-state index contributed by atoms with van der Waals surface area (Å²) in [5, 5.41) is 0. The van der Waals surface area contributed by atoms with E-state index in [1.165, 1.54) is 0 Å². The Morgan fingerprint density at radius 2 is 0.806 bits per heavy atom. The molecule has 0 saturated carbocycles. The summed E-state index contributed by atoms with van der Waals surface area (Å²) in [6, 6.07) is 17.4. The molecule has 0 aliphatic carbocycles. The van der Waals surface area contributed by atoms with Gasteiger partial charge in [0.15, 0.2) is 0 Å². The number of hydrogen-bond acceptors (Lipinski definition) is 6. The molecule has 0 aliphatic rings. The van der Waals surface area contributed by atoms with Crippen molar-refractivity contribution in [1.82, 2.24) is 0 Å². The molecule has 0 radical (unpaired) electrons. The Hall–Kier alpha value is -1.60. The molecule has 6 nitrogen and oxygen atoms in total. The molecular weight excluding hydrogens is 700 g/mol. The molecule has 0 spiro atoms. The van der Waals surface area contributed by atoms with Crippen molar-refractivity contribution >= 4 is 43.2 Å². The quantitative estimate of drug-likeness (QED) is 0.203. The first kappa shape index (κ1) is 29.0. The third kappa shape index (κ3) is 5.47. The van der Waals surface area contributed by atoms with Crippen LogP contribution in [0.1, 0.15) is 16.7 Å². The number of para-hydroxylation sites is 3. The van der Waals surface area contributed by atoms with Crippen LogP contribution in [0.4, 0.5) is 0 Å². The van der Waals surface area contributed by atoms with Crippen LogP contribution in [0, 0.1) is 20.8 Å². The zero-order valence-corrected chi connectivity index (χ0v) is 26.5. The van der Waals surface area contributed by atoms with Crippen LogP contribution in [0.15, 0.2) is 54.6 Å². The van der Waals surface area contributed by atoms with Crippen LogP contribution in [-0.2, 0) is 14.2 Å². The molecule has 0 heterocycles. The molecule has 0 bridgehead atoms.